The predicted octanol–water partition coefficient (Wildman–Crippen LogP) is 1.69. The Kier molecular flexibility index (Phi) is 4.70. The number of rotatable bonds is 4. The van der Waals surface area contributed by atoms with Gasteiger partial charge in [-0.3, -0.25) is 13.9 Å². The molecule has 0 aliphatic carbocycles. The standard InChI is InChI=1S/C17H20N4O2/c1-5-12-6-8-13(9-7-12)11(2)19-15-14(10-18)16(22)21(4)17(23)20(15)3/h6-9,11,19H,5H2,1-4H3/t11-/m0/s1. The molecule has 1 heterocycles. The highest BCUT2D eigenvalue weighted by Gasteiger charge is 2.17. The first-order valence-electron chi connectivity index (χ1n) is 7.46. The SMILES string of the molecule is CCc1ccc([C@H](C)Nc2c(C#N)c(=O)n(C)c(=O)n2C)cc1. The minimum atomic E-state index is -0.591. The second kappa shape index (κ2) is 6.53. The van der Waals surface area contributed by atoms with Gasteiger partial charge in [0.1, 0.15) is 11.9 Å². The summed E-state index contributed by atoms with van der Waals surface area (Å²) in [6.45, 7) is 4.01. The third-order valence-corrected chi connectivity index (χ3v) is 4.02. The van der Waals surface area contributed by atoms with E-state index in [0.29, 0.717) is 0 Å². The molecule has 6 heteroatoms. The van der Waals surface area contributed by atoms with E-state index in [9.17, 15) is 14.9 Å². The van der Waals surface area contributed by atoms with Crippen LogP contribution in [0.5, 0.6) is 0 Å². The van der Waals surface area contributed by atoms with E-state index in [2.05, 4.69) is 12.2 Å². The number of nitrogens with zero attached hydrogens (tertiary/aromatic N) is 3. The fraction of sp³-hybridized carbons (Fsp3) is 0.353. The van der Waals surface area contributed by atoms with Crippen molar-refractivity contribution in [1.82, 2.24) is 9.13 Å². The molecule has 2 rings (SSSR count). The van der Waals surface area contributed by atoms with Crippen LogP contribution in [0.1, 0.15) is 36.6 Å². The topological polar surface area (TPSA) is 79.8 Å². The predicted molar refractivity (Wildman–Crippen MR) is 89.5 cm³/mol. The molecule has 0 fully saturated rings. The van der Waals surface area contributed by atoms with Crippen LogP contribution in [-0.2, 0) is 20.5 Å². The number of aromatic nitrogens is 2. The highest BCUT2D eigenvalue weighted by molar-refractivity contribution is 5.52. The fourth-order valence-electron chi connectivity index (χ4n) is 2.44. The maximum absolute atomic E-state index is 12.1. The highest BCUT2D eigenvalue weighted by atomic mass is 16.2. The van der Waals surface area contributed by atoms with Crippen molar-refractivity contribution in [1.29, 1.82) is 5.26 Å². The van der Waals surface area contributed by atoms with Gasteiger partial charge in [-0.15, -0.1) is 0 Å². The summed E-state index contributed by atoms with van der Waals surface area (Å²) in [7, 11) is 2.90. The van der Waals surface area contributed by atoms with Crippen LogP contribution < -0.4 is 16.6 Å². The second-order valence-corrected chi connectivity index (χ2v) is 5.50. The van der Waals surface area contributed by atoms with E-state index in [4.69, 9.17) is 0 Å². The van der Waals surface area contributed by atoms with E-state index in [1.54, 1.807) is 0 Å². The molecule has 0 unspecified atom stereocenters. The van der Waals surface area contributed by atoms with Crippen molar-refractivity contribution < 1.29 is 0 Å². The molecule has 1 aromatic heterocycles. The Hall–Kier alpha value is -2.81. The number of hydrogen-bond donors (Lipinski definition) is 1. The fourth-order valence-corrected chi connectivity index (χ4v) is 2.44. The summed E-state index contributed by atoms with van der Waals surface area (Å²) in [5.41, 5.74) is 1.13. The zero-order valence-corrected chi connectivity index (χ0v) is 13.8. The molecule has 0 radical (unpaired) electrons. The smallest absolute Gasteiger partial charge is 0.332 e. The van der Waals surface area contributed by atoms with Crippen LogP contribution in [0.2, 0.25) is 0 Å². The van der Waals surface area contributed by atoms with Crippen LogP contribution in [0.25, 0.3) is 0 Å². The molecule has 1 N–H and O–H groups in total. The van der Waals surface area contributed by atoms with Gasteiger partial charge in [-0.05, 0) is 24.5 Å². The molecule has 0 spiro atoms. The number of nitrogens with one attached hydrogen (secondary N) is 1. The quantitative estimate of drug-likeness (QED) is 0.931. The zero-order chi connectivity index (χ0) is 17.1. The average Bonchev–Trinajstić information content (AvgIpc) is 2.58. The maximum atomic E-state index is 12.1. The molecule has 0 saturated heterocycles. The number of benzene rings is 1. The van der Waals surface area contributed by atoms with E-state index in [0.717, 1.165) is 16.6 Å². The molecule has 1 atom stereocenters. The van der Waals surface area contributed by atoms with Crippen LogP contribution in [0.4, 0.5) is 5.82 Å². The van der Waals surface area contributed by atoms with Gasteiger partial charge < -0.3 is 5.32 Å². The van der Waals surface area contributed by atoms with Gasteiger partial charge in [-0.25, -0.2) is 4.79 Å². The largest absolute Gasteiger partial charge is 0.364 e. The lowest BCUT2D eigenvalue weighted by Gasteiger charge is -2.19. The average molecular weight is 312 g/mol. The summed E-state index contributed by atoms with van der Waals surface area (Å²) in [5, 5.41) is 12.4. The van der Waals surface area contributed by atoms with E-state index in [1.165, 1.54) is 24.2 Å². The van der Waals surface area contributed by atoms with Crippen molar-refractivity contribution in [3.05, 3.63) is 61.8 Å². The molecule has 6 nitrogen and oxygen atoms in total. The summed E-state index contributed by atoms with van der Waals surface area (Å²) in [4.78, 5) is 24.1. The number of nitriles is 1. The highest BCUT2D eigenvalue weighted by Crippen LogP contribution is 2.20. The van der Waals surface area contributed by atoms with Crippen molar-refractivity contribution in [3.8, 4) is 6.07 Å². The van der Waals surface area contributed by atoms with Crippen LogP contribution in [-0.4, -0.2) is 9.13 Å². The molecular weight excluding hydrogens is 292 g/mol. The Morgan fingerprint density at radius 1 is 1.17 bits per heavy atom. The molecule has 1 aromatic carbocycles. The molecule has 0 saturated carbocycles. The Bertz CT molecular complexity index is 870. The number of hydrogen-bond acceptors (Lipinski definition) is 4. The van der Waals surface area contributed by atoms with Crippen LogP contribution in [0, 0.1) is 11.3 Å². The van der Waals surface area contributed by atoms with Gasteiger partial charge in [0.15, 0.2) is 5.56 Å². The van der Waals surface area contributed by atoms with Crippen molar-refractivity contribution in [2.45, 2.75) is 26.3 Å². The van der Waals surface area contributed by atoms with Gasteiger partial charge >= 0.3 is 5.69 Å². The minimum Gasteiger partial charge on any atom is -0.364 e. The summed E-state index contributed by atoms with van der Waals surface area (Å²) < 4.78 is 2.22. The van der Waals surface area contributed by atoms with E-state index >= 15 is 0 Å². The monoisotopic (exact) mass is 312 g/mol. The van der Waals surface area contributed by atoms with Gasteiger partial charge in [0.2, 0.25) is 0 Å². The Labute approximate surface area is 134 Å². The van der Waals surface area contributed by atoms with Crippen molar-refractivity contribution in [2.24, 2.45) is 14.1 Å². The van der Waals surface area contributed by atoms with Crippen molar-refractivity contribution in [2.75, 3.05) is 5.32 Å². The lowest BCUT2D eigenvalue weighted by molar-refractivity contribution is 0.678. The number of aryl methyl sites for hydroxylation is 1. The molecule has 0 aliphatic heterocycles. The minimum absolute atomic E-state index is 0.0633. The number of anilines is 1. The molecule has 0 amide bonds. The first-order chi connectivity index (χ1) is 10.9. The first-order valence-corrected chi connectivity index (χ1v) is 7.46. The van der Waals surface area contributed by atoms with Gasteiger partial charge in [0, 0.05) is 20.1 Å². The summed E-state index contributed by atoms with van der Waals surface area (Å²) in [6, 6.07) is 9.83. The van der Waals surface area contributed by atoms with Gasteiger partial charge in [0.05, 0.1) is 0 Å². The van der Waals surface area contributed by atoms with Gasteiger partial charge in [-0.2, -0.15) is 5.26 Å². The van der Waals surface area contributed by atoms with Crippen molar-refractivity contribution >= 4 is 5.82 Å². The molecule has 0 bridgehead atoms. The molecule has 2 aromatic rings. The third kappa shape index (κ3) is 3.04. The zero-order valence-electron chi connectivity index (χ0n) is 13.8. The molecule has 120 valence electrons. The molecule has 0 aliphatic rings. The summed E-state index contributed by atoms with van der Waals surface area (Å²) in [6.07, 6.45) is 0.962. The lowest BCUT2D eigenvalue weighted by Crippen LogP contribution is -2.40. The molecule has 23 heavy (non-hydrogen) atoms. The Morgan fingerprint density at radius 2 is 1.78 bits per heavy atom. The van der Waals surface area contributed by atoms with Crippen molar-refractivity contribution in [3.63, 3.8) is 0 Å². The van der Waals surface area contributed by atoms with Crippen LogP contribution in [0.3, 0.4) is 0 Å². The Balaban J connectivity index is 2.45. The lowest BCUT2D eigenvalue weighted by atomic mass is 10.0. The van der Waals surface area contributed by atoms with Gasteiger partial charge in [-0.1, -0.05) is 31.2 Å². The summed E-state index contributed by atoms with van der Waals surface area (Å²) >= 11 is 0. The van der Waals surface area contributed by atoms with E-state index in [1.807, 2.05) is 37.3 Å². The van der Waals surface area contributed by atoms with Gasteiger partial charge in [0.25, 0.3) is 5.56 Å². The van der Waals surface area contributed by atoms with Crippen LogP contribution in [0.15, 0.2) is 33.9 Å². The van der Waals surface area contributed by atoms with E-state index < -0.39 is 11.2 Å². The Morgan fingerprint density at radius 3 is 2.30 bits per heavy atom. The normalized spacial score (nSPS) is 11.8. The summed E-state index contributed by atoms with van der Waals surface area (Å²) in [5.74, 6) is 0.243. The third-order valence-electron chi connectivity index (χ3n) is 4.02. The first kappa shape index (κ1) is 16.6. The molecular formula is C17H20N4O2. The maximum Gasteiger partial charge on any atom is 0.332 e. The van der Waals surface area contributed by atoms with Crippen LogP contribution >= 0.6 is 0 Å². The second-order valence-electron chi connectivity index (χ2n) is 5.50. The van der Waals surface area contributed by atoms with E-state index in [-0.39, 0.29) is 17.4 Å².